The Hall–Kier alpha value is -2.40. The predicted octanol–water partition coefficient (Wildman–Crippen LogP) is 2.11. The zero-order valence-corrected chi connectivity index (χ0v) is 14.8. The predicted molar refractivity (Wildman–Crippen MR) is 99.8 cm³/mol. The Morgan fingerprint density at radius 3 is 2.40 bits per heavy atom. The maximum atomic E-state index is 12.9. The number of carbonyl (C=O) groups excluding carboxylic acids is 1. The van der Waals surface area contributed by atoms with Crippen LogP contribution in [-0.4, -0.2) is 56.1 Å². The van der Waals surface area contributed by atoms with Crippen LogP contribution in [0.3, 0.4) is 0 Å². The molecular weight excluding hydrogens is 312 g/mol. The van der Waals surface area contributed by atoms with Crippen LogP contribution in [0.5, 0.6) is 0 Å². The second-order valence-electron chi connectivity index (χ2n) is 7.29. The molecule has 3 heterocycles. The van der Waals surface area contributed by atoms with Crippen molar-refractivity contribution in [3.05, 3.63) is 48.3 Å². The number of aromatic nitrogens is 1. The second-order valence-corrected chi connectivity index (χ2v) is 7.29. The lowest BCUT2D eigenvalue weighted by Gasteiger charge is -2.18. The summed E-state index contributed by atoms with van der Waals surface area (Å²) in [5.74, 6) is 1.33. The number of fused-ring (bicyclic) bond motifs is 1. The van der Waals surface area contributed by atoms with Crippen molar-refractivity contribution in [1.82, 2.24) is 15.2 Å². The molecule has 2 saturated heterocycles. The molecule has 5 heteroatoms. The van der Waals surface area contributed by atoms with Gasteiger partial charge in [0.2, 0.25) is 0 Å². The van der Waals surface area contributed by atoms with Gasteiger partial charge >= 0.3 is 0 Å². The van der Waals surface area contributed by atoms with Gasteiger partial charge in [-0.1, -0.05) is 12.1 Å². The van der Waals surface area contributed by atoms with E-state index in [1.165, 1.54) is 0 Å². The first-order valence-electron chi connectivity index (χ1n) is 8.84. The van der Waals surface area contributed by atoms with E-state index in [9.17, 15) is 4.79 Å². The van der Waals surface area contributed by atoms with E-state index in [4.69, 9.17) is 0 Å². The van der Waals surface area contributed by atoms with Crippen molar-refractivity contribution >= 4 is 11.6 Å². The molecule has 0 saturated carbocycles. The minimum Gasteiger partial charge on any atom is -0.378 e. The van der Waals surface area contributed by atoms with E-state index in [2.05, 4.69) is 39.5 Å². The maximum Gasteiger partial charge on any atom is 0.255 e. The SMILES string of the molecule is CN(C)c1ccc(-c2cncc(C(=O)N3C[C@H]4CNC[C@H]4C3)c2)cc1. The van der Waals surface area contributed by atoms with Gasteiger partial charge in [-0.25, -0.2) is 0 Å². The highest BCUT2D eigenvalue weighted by Gasteiger charge is 2.38. The van der Waals surface area contributed by atoms with Crippen LogP contribution in [0.2, 0.25) is 0 Å². The molecule has 0 bridgehead atoms. The summed E-state index contributed by atoms with van der Waals surface area (Å²) in [4.78, 5) is 21.2. The molecule has 0 radical (unpaired) electrons. The van der Waals surface area contributed by atoms with E-state index in [-0.39, 0.29) is 5.91 Å². The highest BCUT2D eigenvalue weighted by molar-refractivity contribution is 5.95. The Kier molecular flexibility index (Phi) is 4.17. The van der Waals surface area contributed by atoms with E-state index in [0.717, 1.165) is 43.0 Å². The first-order chi connectivity index (χ1) is 12.1. The quantitative estimate of drug-likeness (QED) is 0.933. The molecule has 25 heavy (non-hydrogen) atoms. The molecule has 1 aromatic carbocycles. The molecule has 0 unspecified atom stereocenters. The third kappa shape index (κ3) is 3.12. The van der Waals surface area contributed by atoms with Gasteiger partial charge in [-0.15, -0.1) is 0 Å². The molecule has 0 spiro atoms. The first-order valence-corrected chi connectivity index (χ1v) is 8.84. The fourth-order valence-electron chi connectivity index (χ4n) is 3.87. The highest BCUT2D eigenvalue weighted by Crippen LogP contribution is 2.28. The maximum absolute atomic E-state index is 12.9. The fraction of sp³-hybridized carbons (Fsp3) is 0.400. The van der Waals surface area contributed by atoms with Crippen molar-refractivity contribution in [2.24, 2.45) is 11.8 Å². The molecule has 1 aromatic heterocycles. The van der Waals surface area contributed by atoms with Crippen molar-refractivity contribution in [2.75, 3.05) is 45.2 Å². The van der Waals surface area contributed by atoms with Gasteiger partial charge in [-0.3, -0.25) is 9.78 Å². The van der Waals surface area contributed by atoms with Crippen molar-refractivity contribution in [3.63, 3.8) is 0 Å². The van der Waals surface area contributed by atoms with Crippen LogP contribution >= 0.6 is 0 Å². The molecule has 4 rings (SSSR count). The number of nitrogens with zero attached hydrogens (tertiary/aromatic N) is 3. The zero-order valence-electron chi connectivity index (χ0n) is 14.8. The van der Waals surface area contributed by atoms with Gasteiger partial charge in [0.15, 0.2) is 0 Å². The Morgan fingerprint density at radius 2 is 1.76 bits per heavy atom. The molecule has 2 aliphatic rings. The Morgan fingerprint density at radius 1 is 1.08 bits per heavy atom. The Labute approximate surface area is 148 Å². The van der Waals surface area contributed by atoms with Crippen LogP contribution in [0.1, 0.15) is 10.4 Å². The number of anilines is 1. The van der Waals surface area contributed by atoms with Gasteiger partial charge in [-0.05, 0) is 35.6 Å². The van der Waals surface area contributed by atoms with Crippen molar-refractivity contribution in [2.45, 2.75) is 0 Å². The number of benzene rings is 1. The van der Waals surface area contributed by atoms with Gasteiger partial charge in [0.1, 0.15) is 0 Å². The smallest absolute Gasteiger partial charge is 0.255 e. The molecule has 5 nitrogen and oxygen atoms in total. The number of carbonyl (C=O) groups is 1. The highest BCUT2D eigenvalue weighted by atomic mass is 16.2. The molecule has 0 aliphatic carbocycles. The molecule has 130 valence electrons. The molecule has 1 N–H and O–H groups in total. The van der Waals surface area contributed by atoms with Gasteiger partial charge in [-0.2, -0.15) is 0 Å². The van der Waals surface area contributed by atoms with Crippen molar-refractivity contribution in [1.29, 1.82) is 0 Å². The molecular formula is C20H24N4O. The van der Waals surface area contributed by atoms with Gasteiger partial charge in [0.25, 0.3) is 5.91 Å². The van der Waals surface area contributed by atoms with Crippen LogP contribution < -0.4 is 10.2 Å². The third-order valence-corrected chi connectivity index (χ3v) is 5.38. The number of hydrogen-bond donors (Lipinski definition) is 1. The van der Waals surface area contributed by atoms with Crippen LogP contribution in [0.15, 0.2) is 42.7 Å². The molecule has 1 amide bonds. The summed E-state index contributed by atoms with van der Waals surface area (Å²) < 4.78 is 0. The van der Waals surface area contributed by atoms with Gasteiger partial charge in [0, 0.05) is 63.9 Å². The average molecular weight is 336 g/mol. The largest absolute Gasteiger partial charge is 0.378 e. The van der Waals surface area contributed by atoms with Crippen LogP contribution in [0, 0.1) is 11.8 Å². The van der Waals surface area contributed by atoms with Crippen molar-refractivity contribution in [3.8, 4) is 11.1 Å². The Bertz CT molecular complexity index is 760. The normalized spacial score (nSPS) is 22.1. The minimum atomic E-state index is 0.105. The summed E-state index contributed by atoms with van der Waals surface area (Å²) in [6.07, 6.45) is 3.51. The fourth-order valence-corrected chi connectivity index (χ4v) is 3.87. The zero-order chi connectivity index (χ0) is 17.4. The van der Waals surface area contributed by atoms with Crippen LogP contribution in [0.25, 0.3) is 11.1 Å². The number of rotatable bonds is 3. The number of likely N-dealkylation sites (tertiary alicyclic amines) is 1. The summed E-state index contributed by atoms with van der Waals surface area (Å²) >= 11 is 0. The van der Waals surface area contributed by atoms with Gasteiger partial charge < -0.3 is 15.1 Å². The van der Waals surface area contributed by atoms with E-state index >= 15 is 0 Å². The van der Waals surface area contributed by atoms with Crippen LogP contribution in [-0.2, 0) is 0 Å². The average Bonchev–Trinajstić information content (AvgIpc) is 3.23. The van der Waals surface area contributed by atoms with Crippen LogP contribution in [0.4, 0.5) is 5.69 Å². The summed E-state index contributed by atoms with van der Waals surface area (Å²) in [6.45, 7) is 3.78. The number of amides is 1. The summed E-state index contributed by atoms with van der Waals surface area (Å²) in [6, 6.07) is 10.3. The summed E-state index contributed by atoms with van der Waals surface area (Å²) in [5, 5.41) is 3.41. The van der Waals surface area contributed by atoms with E-state index in [1.807, 2.05) is 31.3 Å². The summed E-state index contributed by atoms with van der Waals surface area (Å²) in [7, 11) is 4.05. The lowest BCUT2D eigenvalue weighted by molar-refractivity contribution is 0.0781. The van der Waals surface area contributed by atoms with E-state index in [0.29, 0.717) is 17.4 Å². The molecule has 2 atom stereocenters. The number of hydrogen-bond acceptors (Lipinski definition) is 4. The standard InChI is InChI=1S/C20H24N4O/c1-23(2)19-5-3-14(4-6-19)15-7-16(9-21-8-15)20(25)24-12-17-10-22-11-18(17)13-24/h3-9,17-18,22H,10-13H2,1-2H3/t17-,18+. The molecule has 2 aliphatic heterocycles. The monoisotopic (exact) mass is 336 g/mol. The molecule has 2 aromatic rings. The van der Waals surface area contributed by atoms with Crippen molar-refractivity contribution < 1.29 is 4.79 Å². The lowest BCUT2D eigenvalue weighted by Crippen LogP contribution is -2.31. The topological polar surface area (TPSA) is 48.5 Å². The lowest BCUT2D eigenvalue weighted by atomic mass is 10.0. The Balaban J connectivity index is 1.54. The van der Waals surface area contributed by atoms with E-state index in [1.54, 1.807) is 6.20 Å². The number of nitrogens with one attached hydrogen (secondary N) is 1. The third-order valence-electron chi connectivity index (χ3n) is 5.38. The first kappa shape index (κ1) is 16.1. The second kappa shape index (κ2) is 6.48. The minimum absolute atomic E-state index is 0.105. The van der Waals surface area contributed by atoms with E-state index < -0.39 is 0 Å². The summed E-state index contributed by atoms with van der Waals surface area (Å²) in [5.41, 5.74) is 3.90. The molecule has 2 fully saturated rings. The van der Waals surface area contributed by atoms with Gasteiger partial charge in [0.05, 0.1) is 5.56 Å². The number of pyridine rings is 1.